The number of H-pyrrole nitrogens is 2. The van der Waals surface area contributed by atoms with Gasteiger partial charge in [0.1, 0.15) is 5.69 Å². The van der Waals surface area contributed by atoms with E-state index in [0.29, 0.717) is 11.5 Å². The number of aromatic nitrogens is 6. The van der Waals surface area contributed by atoms with Gasteiger partial charge in [-0.25, -0.2) is 9.97 Å². The van der Waals surface area contributed by atoms with Crippen LogP contribution in [0.3, 0.4) is 0 Å². The molecule has 0 aliphatic rings. The van der Waals surface area contributed by atoms with Crippen LogP contribution >= 0.6 is 11.3 Å². The maximum absolute atomic E-state index is 4.72. The van der Waals surface area contributed by atoms with Gasteiger partial charge >= 0.3 is 0 Å². The normalized spacial score (nSPS) is 11.4. The van der Waals surface area contributed by atoms with Gasteiger partial charge in [-0.05, 0) is 52.9 Å². The molecule has 0 fully saturated rings. The highest BCUT2D eigenvalue weighted by Crippen LogP contribution is 2.33. The van der Waals surface area contributed by atoms with Crippen LogP contribution in [0.2, 0.25) is 0 Å². The highest BCUT2D eigenvalue weighted by atomic mass is 32.1. The second kappa shape index (κ2) is 6.35. The summed E-state index contributed by atoms with van der Waals surface area (Å²) in [5.41, 5.74) is 6.67. The summed E-state index contributed by atoms with van der Waals surface area (Å²) in [5.74, 6) is 0.703. The maximum atomic E-state index is 4.72. The third-order valence-electron chi connectivity index (χ3n) is 4.98. The van der Waals surface area contributed by atoms with Crippen molar-refractivity contribution >= 4 is 33.4 Å². The van der Waals surface area contributed by atoms with Crippen molar-refractivity contribution < 1.29 is 0 Å². The van der Waals surface area contributed by atoms with Crippen LogP contribution < -0.4 is 0 Å². The van der Waals surface area contributed by atoms with Crippen LogP contribution in [-0.2, 0) is 0 Å². The molecule has 29 heavy (non-hydrogen) atoms. The molecule has 0 spiro atoms. The van der Waals surface area contributed by atoms with Crippen molar-refractivity contribution in [1.82, 2.24) is 30.1 Å². The minimum Gasteiger partial charge on any atom is -0.335 e. The predicted molar refractivity (Wildman–Crippen MR) is 116 cm³/mol. The Labute approximate surface area is 169 Å². The van der Waals surface area contributed by atoms with Crippen LogP contribution in [0.5, 0.6) is 0 Å². The second-order valence-electron chi connectivity index (χ2n) is 6.69. The standard InChI is InChI=1S/C22H14N6S/c1-2-18(29-11-1)15-7-10-24-21-19(15)25-22(26-21)20-16-12-14(3-4-17(16)27-28-20)13-5-8-23-9-6-13/h1-12H,(H,27,28)(H,24,25,26). The molecule has 5 aromatic heterocycles. The fourth-order valence-corrected chi connectivity index (χ4v) is 4.34. The number of fused-ring (bicyclic) bond motifs is 2. The van der Waals surface area contributed by atoms with Gasteiger partial charge < -0.3 is 4.98 Å². The molecule has 0 amide bonds. The van der Waals surface area contributed by atoms with Crippen LogP contribution in [0.1, 0.15) is 0 Å². The number of thiophene rings is 1. The van der Waals surface area contributed by atoms with Gasteiger partial charge in [-0.15, -0.1) is 11.3 Å². The highest BCUT2D eigenvalue weighted by Gasteiger charge is 2.16. The lowest BCUT2D eigenvalue weighted by Gasteiger charge is -2.01. The number of nitrogens with zero attached hydrogens (tertiary/aromatic N) is 4. The summed E-state index contributed by atoms with van der Waals surface area (Å²) in [6, 6.07) is 16.4. The molecule has 0 saturated heterocycles. The van der Waals surface area contributed by atoms with Gasteiger partial charge in [-0.2, -0.15) is 5.10 Å². The third kappa shape index (κ3) is 2.63. The molecule has 6 aromatic rings. The van der Waals surface area contributed by atoms with E-state index in [1.807, 2.05) is 30.3 Å². The molecular formula is C22H14N6S. The Bertz CT molecular complexity index is 1450. The van der Waals surface area contributed by atoms with Gasteiger partial charge in [0.05, 0.1) is 11.0 Å². The molecule has 0 unspecified atom stereocenters. The van der Waals surface area contributed by atoms with Crippen LogP contribution in [0.25, 0.3) is 55.2 Å². The van der Waals surface area contributed by atoms with Crippen molar-refractivity contribution in [3.05, 3.63) is 72.5 Å². The molecular weight excluding hydrogens is 380 g/mol. The van der Waals surface area contributed by atoms with E-state index in [0.717, 1.165) is 38.8 Å². The fourth-order valence-electron chi connectivity index (χ4n) is 3.58. The van der Waals surface area contributed by atoms with E-state index in [4.69, 9.17) is 4.98 Å². The number of hydrogen-bond donors (Lipinski definition) is 2. The summed E-state index contributed by atoms with van der Waals surface area (Å²) in [6.45, 7) is 0. The summed E-state index contributed by atoms with van der Waals surface area (Å²) in [6.07, 6.45) is 5.39. The number of imidazole rings is 1. The van der Waals surface area contributed by atoms with Crippen LogP contribution in [0, 0.1) is 0 Å². The molecule has 0 aliphatic heterocycles. The average Bonchev–Trinajstić information content (AvgIpc) is 3.52. The number of rotatable bonds is 3. The number of nitrogens with one attached hydrogen (secondary N) is 2. The second-order valence-corrected chi connectivity index (χ2v) is 7.64. The average molecular weight is 394 g/mol. The lowest BCUT2D eigenvalue weighted by atomic mass is 10.0. The molecule has 6 nitrogen and oxygen atoms in total. The summed E-state index contributed by atoms with van der Waals surface area (Å²) in [5, 5.41) is 10.7. The Morgan fingerprint density at radius 1 is 0.897 bits per heavy atom. The van der Waals surface area contributed by atoms with E-state index < -0.39 is 0 Å². The zero-order valence-electron chi connectivity index (χ0n) is 15.1. The number of pyridine rings is 2. The molecule has 0 saturated carbocycles. The van der Waals surface area contributed by atoms with Crippen molar-refractivity contribution in [2.45, 2.75) is 0 Å². The molecule has 5 heterocycles. The van der Waals surface area contributed by atoms with Gasteiger partial charge in [0.15, 0.2) is 11.5 Å². The maximum Gasteiger partial charge on any atom is 0.178 e. The Hall–Kier alpha value is -3.84. The van der Waals surface area contributed by atoms with Crippen molar-refractivity contribution in [3.8, 4) is 33.1 Å². The molecule has 7 heteroatoms. The summed E-state index contributed by atoms with van der Waals surface area (Å²) < 4.78 is 0. The first-order chi connectivity index (χ1) is 14.4. The lowest BCUT2D eigenvalue weighted by Crippen LogP contribution is -1.83. The van der Waals surface area contributed by atoms with E-state index >= 15 is 0 Å². The molecule has 0 radical (unpaired) electrons. The first kappa shape index (κ1) is 16.1. The molecule has 0 aliphatic carbocycles. The zero-order valence-corrected chi connectivity index (χ0v) is 15.9. The monoisotopic (exact) mass is 394 g/mol. The lowest BCUT2D eigenvalue weighted by molar-refractivity contribution is 1.10. The summed E-state index contributed by atoms with van der Waals surface area (Å²) in [7, 11) is 0. The number of benzene rings is 1. The van der Waals surface area contributed by atoms with Gasteiger partial charge in [-0.3, -0.25) is 10.1 Å². The molecule has 0 atom stereocenters. The first-order valence-electron chi connectivity index (χ1n) is 9.14. The van der Waals surface area contributed by atoms with E-state index in [9.17, 15) is 0 Å². The van der Waals surface area contributed by atoms with Crippen molar-refractivity contribution in [3.63, 3.8) is 0 Å². The fraction of sp³-hybridized carbons (Fsp3) is 0. The summed E-state index contributed by atoms with van der Waals surface area (Å²) in [4.78, 5) is 17.9. The first-order valence-corrected chi connectivity index (χ1v) is 10.0. The van der Waals surface area contributed by atoms with Crippen molar-refractivity contribution in [2.24, 2.45) is 0 Å². The zero-order chi connectivity index (χ0) is 19.2. The van der Waals surface area contributed by atoms with Gasteiger partial charge in [-0.1, -0.05) is 12.1 Å². The van der Waals surface area contributed by atoms with E-state index in [1.165, 1.54) is 4.88 Å². The van der Waals surface area contributed by atoms with Crippen LogP contribution in [-0.4, -0.2) is 30.1 Å². The van der Waals surface area contributed by atoms with Crippen molar-refractivity contribution in [2.75, 3.05) is 0 Å². The predicted octanol–water partition coefficient (Wildman–Crippen LogP) is 5.29. The van der Waals surface area contributed by atoms with Gasteiger partial charge in [0.25, 0.3) is 0 Å². The molecule has 1 aromatic carbocycles. The Balaban J connectivity index is 1.53. The minimum atomic E-state index is 0.687. The minimum absolute atomic E-state index is 0.687. The van der Waals surface area contributed by atoms with Gasteiger partial charge in [0.2, 0.25) is 0 Å². The summed E-state index contributed by atoms with van der Waals surface area (Å²) >= 11 is 1.70. The van der Waals surface area contributed by atoms with Crippen molar-refractivity contribution in [1.29, 1.82) is 0 Å². The largest absolute Gasteiger partial charge is 0.335 e. The molecule has 6 rings (SSSR count). The topological polar surface area (TPSA) is 83.1 Å². The van der Waals surface area contributed by atoms with E-state index in [-0.39, 0.29) is 0 Å². The van der Waals surface area contributed by atoms with E-state index in [1.54, 1.807) is 29.9 Å². The highest BCUT2D eigenvalue weighted by molar-refractivity contribution is 7.13. The molecule has 138 valence electrons. The van der Waals surface area contributed by atoms with Crippen LogP contribution in [0.15, 0.2) is 72.5 Å². The Kier molecular flexibility index (Phi) is 3.54. The number of hydrogen-bond acceptors (Lipinski definition) is 5. The molecule has 0 bridgehead atoms. The third-order valence-corrected chi connectivity index (χ3v) is 5.88. The molecule has 2 N–H and O–H groups in total. The van der Waals surface area contributed by atoms with Crippen LogP contribution in [0.4, 0.5) is 0 Å². The van der Waals surface area contributed by atoms with Gasteiger partial charge in [0, 0.05) is 34.4 Å². The SMILES string of the molecule is c1csc(-c2ccnc3nc(-c4n[nH]c5ccc(-c6ccncc6)cc45)[nH]c23)c1. The smallest absolute Gasteiger partial charge is 0.178 e. The Morgan fingerprint density at radius 3 is 2.69 bits per heavy atom. The number of aromatic amines is 2. The quantitative estimate of drug-likeness (QED) is 0.427. The van der Waals surface area contributed by atoms with E-state index in [2.05, 4.69) is 48.7 Å². The Morgan fingerprint density at radius 2 is 1.83 bits per heavy atom.